The van der Waals surface area contributed by atoms with Gasteiger partial charge in [-0.1, -0.05) is 50.6 Å². The van der Waals surface area contributed by atoms with Gasteiger partial charge in [0.25, 0.3) is 0 Å². The number of nitrogens with one attached hydrogen (secondary N) is 3. The summed E-state index contributed by atoms with van der Waals surface area (Å²) in [5, 5.41) is 36.5. The number of hydrogen-bond acceptors (Lipinski definition) is 7. The first kappa shape index (κ1) is 29.0. The van der Waals surface area contributed by atoms with Crippen molar-refractivity contribution in [2.75, 3.05) is 0 Å². The fourth-order valence-electron chi connectivity index (χ4n) is 3.20. The van der Waals surface area contributed by atoms with Gasteiger partial charge in [-0.05, 0) is 31.7 Å². The topological polar surface area (TPSA) is 191 Å². The van der Waals surface area contributed by atoms with E-state index in [0.717, 1.165) is 5.56 Å². The highest BCUT2D eigenvalue weighted by molar-refractivity contribution is 5.94. The second-order valence-corrected chi connectivity index (χ2v) is 8.46. The lowest BCUT2D eigenvalue weighted by molar-refractivity contribution is -0.144. The third-order valence-electron chi connectivity index (χ3n) is 5.54. The third-order valence-corrected chi connectivity index (χ3v) is 5.54. The van der Waals surface area contributed by atoms with E-state index in [1.165, 1.54) is 13.8 Å². The molecule has 8 N–H and O–H groups in total. The molecule has 0 saturated carbocycles. The smallest absolute Gasteiger partial charge is 0.326 e. The summed E-state index contributed by atoms with van der Waals surface area (Å²) < 4.78 is 0. The van der Waals surface area contributed by atoms with E-state index in [9.17, 15) is 34.5 Å². The molecule has 7 atom stereocenters. The van der Waals surface area contributed by atoms with Crippen LogP contribution in [0.4, 0.5) is 0 Å². The molecular formula is C23H36N4O7. The number of aliphatic hydroxyl groups excluding tert-OH is 2. The van der Waals surface area contributed by atoms with Crippen LogP contribution in [0.25, 0.3) is 0 Å². The van der Waals surface area contributed by atoms with Gasteiger partial charge in [0.2, 0.25) is 17.7 Å². The van der Waals surface area contributed by atoms with E-state index >= 15 is 0 Å². The van der Waals surface area contributed by atoms with E-state index in [2.05, 4.69) is 16.0 Å². The molecule has 0 saturated heterocycles. The maximum atomic E-state index is 12.8. The van der Waals surface area contributed by atoms with E-state index in [1.807, 2.05) is 6.07 Å². The van der Waals surface area contributed by atoms with Crippen molar-refractivity contribution < 1.29 is 34.5 Å². The summed E-state index contributed by atoms with van der Waals surface area (Å²) in [4.78, 5) is 49.5. The number of rotatable bonds is 13. The highest BCUT2D eigenvalue weighted by Gasteiger charge is 2.35. The molecule has 11 heteroatoms. The van der Waals surface area contributed by atoms with Gasteiger partial charge < -0.3 is 37.0 Å². The minimum Gasteiger partial charge on any atom is -0.480 e. The van der Waals surface area contributed by atoms with Crippen molar-refractivity contribution in [1.29, 1.82) is 0 Å². The van der Waals surface area contributed by atoms with Crippen molar-refractivity contribution in [2.24, 2.45) is 11.7 Å². The van der Waals surface area contributed by atoms with Crippen molar-refractivity contribution in [2.45, 2.75) is 76.9 Å². The molecule has 1 rings (SSSR count). The molecule has 0 radical (unpaired) electrons. The van der Waals surface area contributed by atoms with Crippen LogP contribution in [0.2, 0.25) is 0 Å². The van der Waals surface area contributed by atoms with Crippen LogP contribution in [0.5, 0.6) is 0 Å². The highest BCUT2D eigenvalue weighted by atomic mass is 16.4. The molecule has 0 aliphatic heterocycles. The Morgan fingerprint density at radius 2 is 1.26 bits per heavy atom. The number of hydrogen-bond donors (Lipinski definition) is 7. The van der Waals surface area contributed by atoms with Gasteiger partial charge in [0, 0.05) is 0 Å². The Morgan fingerprint density at radius 3 is 1.68 bits per heavy atom. The standard InChI is InChI=1S/C23H36N4O7/c1-5-12(2)17(23(33)34)25-21(31)19(14(4)29)27-22(32)18(13(3)28)26-20(30)16(24)11-15-9-7-6-8-10-15/h6-10,12-14,16-19,28-29H,5,11,24H2,1-4H3,(H,25,31)(H,26,30)(H,27,32)(H,33,34). The molecule has 0 bridgehead atoms. The molecule has 7 unspecified atom stereocenters. The quantitative estimate of drug-likeness (QED) is 0.185. The van der Waals surface area contributed by atoms with Crippen LogP contribution in [-0.4, -0.2) is 75.4 Å². The molecule has 34 heavy (non-hydrogen) atoms. The molecule has 0 aromatic heterocycles. The van der Waals surface area contributed by atoms with Crippen molar-refractivity contribution in [3.05, 3.63) is 35.9 Å². The van der Waals surface area contributed by atoms with Crippen LogP contribution in [0.3, 0.4) is 0 Å². The molecule has 0 spiro atoms. The maximum Gasteiger partial charge on any atom is 0.326 e. The van der Waals surface area contributed by atoms with Crippen LogP contribution in [0.1, 0.15) is 39.7 Å². The Labute approximate surface area is 199 Å². The van der Waals surface area contributed by atoms with Crippen LogP contribution in [-0.2, 0) is 25.6 Å². The van der Waals surface area contributed by atoms with Gasteiger partial charge in [0.15, 0.2) is 0 Å². The number of aliphatic hydroxyl groups is 2. The van der Waals surface area contributed by atoms with E-state index in [1.54, 1.807) is 38.1 Å². The third kappa shape index (κ3) is 8.73. The lowest BCUT2D eigenvalue weighted by atomic mass is 9.98. The fourth-order valence-corrected chi connectivity index (χ4v) is 3.20. The predicted octanol–water partition coefficient (Wildman–Crippen LogP) is -1.10. The summed E-state index contributed by atoms with van der Waals surface area (Å²) in [6.07, 6.45) is -2.06. The summed E-state index contributed by atoms with van der Waals surface area (Å²) in [6.45, 7) is 5.93. The maximum absolute atomic E-state index is 12.8. The molecule has 11 nitrogen and oxygen atoms in total. The van der Waals surface area contributed by atoms with Crippen LogP contribution < -0.4 is 21.7 Å². The number of carboxylic acids is 1. The number of benzene rings is 1. The largest absolute Gasteiger partial charge is 0.480 e. The number of nitrogens with two attached hydrogens (primary N) is 1. The lowest BCUT2D eigenvalue weighted by Crippen LogP contribution is -2.62. The molecule has 0 aliphatic rings. The Kier molecular flexibility index (Phi) is 11.6. The summed E-state index contributed by atoms with van der Waals surface area (Å²) in [5.74, 6) is -4.19. The minimum atomic E-state index is -1.52. The molecule has 3 amide bonds. The van der Waals surface area contributed by atoms with Crippen molar-refractivity contribution in [3.8, 4) is 0 Å². The first-order valence-corrected chi connectivity index (χ1v) is 11.2. The average molecular weight is 481 g/mol. The Balaban J connectivity index is 2.90. The van der Waals surface area contributed by atoms with E-state index < -0.39 is 66.0 Å². The summed E-state index contributed by atoms with van der Waals surface area (Å²) in [7, 11) is 0. The van der Waals surface area contributed by atoms with Crippen molar-refractivity contribution in [1.82, 2.24) is 16.0 Å². The molecule has 1 aromatic rings. The number of carbonyl (C=O) groups is 4. The lowest BCUT2D eigenvalue weighted by Gasteiger charge is -2.28. The van der Waals surface area contributed by atoms with Crippen LogP contribution >= 0.6 is 0 Å². The van der Waals surface area contributed by atoms with Gasteiger partial charge in [0.1, 0.15) is 18.1 Å². The molecule has 190 valence electrons. The van der Waals surface area contributed by atoms with Gasteiger partial charge in [0.05, 0.1) is 18.2 Å². The van der Waals surface area contributed by atoms with E-state index in [0.29, 0.717) is 6.42 Å². The van der Waals surface area contributed by atoms with Gasteiger partial charge >= 0.3 is 5.97 Å². The molecule has 0 heterocycles. The summed E-state index contributed by atoms with van der Waals surface area (Å²) in [5.41, 5.74) is 6.74. The Bertz CT molecular complexity index is 832. The Morgan fingerprint density at radius 1 is 0.824 bits per heavy atom. The molecule has 0 aliphatic carbocycles. The van der Waals surface area contributed by atoms with Gasteiger partial charge in [-0.15, -0.1) is 0 Å². The monoisotopic (exact) mass is 480 g/mol. The number of amides is 3. The van der Waals surface area contributed by atoms with Crippen LogP contribution in [0.15, 0.2) is 30.3 Å². The first-order valence-electron chi connectivity index (χ1n) is 11.2. The van der Waals surface area contributed by atoms with Crippen LogP contribution in [0, 0.1) is 5.92 Å². The number of carboxylic acid groups (broad SMARTS) is 1. The van der Waals surface area contributed by atoms with Gasteiger partial charge in [-0.2, -0.15) is 0 Å². The normalized spacial score (nSPS) is 17.3. The summed E-state index contributed by atoms with van der Waals surface area (Å²) in [6, 6.07) is 3.79. The second kappa shape index (κ2) is 13.6. The SMILES string of the molecule is CCC(C)C(NC(=O)C(NC(=O)C(NC(=O)C(N)Cc1ccccc1)C(C)O)C(C)O)C(=O)O. The Hall–Kier alpha value is -3.02. The first-order chi connectivity index (χ1) is 15.9. The number of carbonyl (C=O) groups excluding carboxylic acids is 3. The highest BCUT2D eigenvalue weighted by Crippen LogP contribution is 2.09. The zero-order valence-electron chi connectivity index (χ0n) is 19.9. The predicted molar refractivity (Wildman–Crippen MR) is 124 cm³/mol. The average Bonchev–Trinajstić information content (AvgIpc) is 2.78. The fraction of sp³-hybridized carbons (Fsp3) is 0.565. The zero-order chi connectivity index (χ0) is 26.0. The minimum absolute atomic E-state index is 0.200. The van der Waals surface area contributed by atoms with E-state index in [4.69, 9.17) is 5.73 Å². The number of aliphatic carboxylic acids is 1. The molecule has 0 fully saturated rings. The van der Waals surface area contributed by atoms with Gasteiger partial charge in [-0.25, -0.2) is 4.79 Å². The zero-order valence-corrected chi connectivity index (χ0v) is 19.9. The summed E-state index contributed by atoms with van der Waals surface area (Å²) >= 11 is 0. The van der Waals surface area contributed by atoms with E-state index in [-0.39, 0.29) is 6.42 Å². The molecule has 1 aromatic carbocycles. The van der Waals surface area contributed by atoms with Crippen molar-refractivity contribution in [3.63, 3.8) is 0 Å². The second-order valence-electron chi connectivity index (χ2n) is 8.46. The molecular weight excluding hydrogens is 444 g/mol. The van der Waals surface area contributed by atoms with Crippen molar-refractivity contribution >= 4 is 23.7 Å². The van der Waals surface area contributed by atoms with Gasteiger partial charge in [-0.3, -0.25) is 14.4 Å².